The summed E-state index contributed by atoms with van der Waals surface area (Å²) in [4.78, 5) is 33.7. The van der Waals surface area contributed by atoms with Gasteiger partial charge >= 0.3 is 0 Å². The van der Waals surface area contributed by atoms with Gasteiger partial charge in [-0.05, 0) is 39.8 Å². The van der Waals surface area contributed by atoms with Gasteiger partial charge in [0.25, 0.3) is 11.6 Å². The molecule has 0 fully saturated rings. The Labute approximate surface area is 144 Å². The Kier molecular flexibility index (Phi) is 6.42. The third kappa shape index (κ3) is 6.33. The summed E-state index contributed by atoms with van der Waals surface area (Å²) >= 11 is 5.75. The maximum Gasteiger partial charge on any atom is 0.287 e. The number of benzene rings is 1. The Bertz CT molecular complexity index is 695. The van der Waals surface area contributed by atoms with Crippen molar-refractivity contribution in [3.8, 4) is 0 Å². The van der Waals surface area contributed by atoms with Crippen LogP contribution in [0, 0.1) is 10.1 Å². The lowest BCUT2D eigenvalue weighted by atomic mass is 10.1. The summed E-state index contributed by atoms with van der Waals surface area (Å²) < 4.78 is 0. The van der Waals surface area contributed by atoms with Crippen LogP contribution in [0.5, 0.6) is 0 Å². The zero-order valence-corrected chi connectivity index (χ0v) is 14.6. The molecule has 24 heavy (non-hydrogen) atoms. The summed E-state index contributed by atoms with van der Waals surface area (Å²) in [6, 6.07) is 3.60. The predicted molar refractivity (Wildman–Crippen MR) is 91.2 cm³/mol. The lowest BCUT2D eigenvalue weighted by Gasteiger charge is -2.20. The van der Waals surface area contributed by atoms with Crippen molar-refractivity contribution in [2.24, 2.45) is 5.10 Å². The van der Waals surface area contributed by atoms with E-state index in [2.05, 4.69) is 15.8 Å². The van der Waals surface area contributed by atoms with E-state index in [1.54, 1.807) is 6.92 Å². The molecule has 0 atom stereocenters. The summed E-state index contributed by atoms with van der Waals surface area (Å²) in [5.74, 6) is -0.793. The number of hydrogen-bond donors (Lipinski definition) is 2. The van der Waals surface area contributed by atoms with Gasteiger partial charge in [0.2, 0.25) is 5.91 Å². The number of nitrogens with zero attached hydrogens (tertiary/aromatic N) is 2. The SMILES string of the molecule is C/C(CC(=O)NC(C)(C)C)=N/NC(=O)c1ccc([N+](=O)[O-])c(Cl)c1. The highest BCUT2D eigenvalue weighted by molar-refractivity contribution is 6.33. The number of carbonyl (C=O) groups excluding carboxylic acids is 2. The van der Waals surface area contributed by atoms with E-state index in [-0.39, 0.29) is 34.1 Å². The number of nitrogens with one attached hydrogen (secondary N) is 2. The summed E-state index contributed by atoms with van der Waals surface area (Å²) in [6.07, 6.45) is 0.0402. The lowest BCUT2D eigenvalue weighted by Crippen LogP contribution is -2.41. The maximum atomic E-state index is 11.9. The first kappa shape index (κ1) is 19.6. The summed E-state index contributed by atoms with van der Waals surface area (Å²) in [7, 11) is 0. The van der Waals surface area contributed by atoms with Crippen molar-refractivity contribution in [3.05, 3.63) is 38.9 Å². The largest absolute Gasteiger partial charge is 0.351 e. The second-order valence-electron chi connectivity index (χ2n) is 6.19. The first-order valence-electron chi connectivity index (χ1n) is 7.08. The van der Waals surface area contributed by atoms with Crippen molar-refractivity contribution in [1.29, 1.82) is 0 Å². The number of hydrogen-bond acceptors (Lipinski definition) is 5. The zero-order chi connectivity index (χ0) is 18.5. The highest BCUT2D eigenvalue weighted by atomic mass is 35.5. The lowest BCUT2D eigenvalue weighted by molar-refractivity contribution is -0.384. The van der Waals surface area contributed by atoms with Gasteiger partial charge in [0.1, 0.15) is 5.02 Å². The van der Waals surface area contributed by atoms with E-state index in [0.717, 1.165) is 6.07 Å². The Morgan fingerprint density at radius 1 is 1.33 bits per heavy atom. The van der Waals surface area contributed by atoms with Crippen LogP contribution < -0.4 is 10.7 Å². The highest BCUT2D eigenvalue weighted by Gasteiger charge is 2.16. The van der Waals surface area contributed by atoms with Crippen LogP contribution >= 0.6 is 11.6 Å². The van der Waals surface area contributed by atoms with Crippen LogP contribution in [0.1, 0.15) is 44.5 Å². The summed E-state index contributed by atoms with van der Waals surface area (Å²) in [5.41, 5.74) is 2.19. The zero-order valence-electron chi connectivity index (χ0n) is 13.8. The molecule has 130 valence electrons. The van der Waals surface area contributed by atoms with E-state index in [0.29, 0.717) is 5.71 Å². The number of carbonyl (C=O) groups is 2. The fourth-order valence-electron chi connectivity index (χ4n) is 1.74. The van der Waals surface area contributed by atoms with E-state index in [1.807, 2.05) is 20.8 Å². The topological polar surface area (TPSA) is 114 Å². The van der Waals surface area contributed by atoms with Gasteiger partial charge in [0, 0.05) is 22.9 Å². The number of nitro benzene ring substituents is 1. The molecule has 0 saturated heterocycles. The van der Waals surface area contributed by atoms with Gasteiger partial charge in [0.15, 0.2) is 0 Å². The highest BCUT2D eigenvalue weighted by Crippen LogP contribution is 2.24. The average Bonchev–Trinajstić information content (AvgIpc) is 2.41. The van der Waals surface area contributed by atoms with Gasteiger partial charge in [-0.2, -0.15) is 5.10 Å². The van der Waals surface area contributed by atoms with E-state index >= 15 is 0 Å². The molecule has 2 amide bonds. The van der Waals surface area contributed by atoms with Crippen LogP contribution in [0.4, 0.5) is 5.69 Å². The molecule has 0 bridgehead atoms. The molecule has 9 heteroatoms. The molecule has 0 spiro atoms. The smallest absolute Gasteiger partial charge is 0.287 e. The van der Waals surface area contributed by atoms with Gasteiger partial charge in [0.05, 0.1) is 11.3 Å². The normalized spacial score (nSPS) is 11.8. The molecule has 8 nitrogen and oxygen atoms in total. The second kappa shape index (κ2) is 7.87. The Morgan fingerprint density at radius 3 is 2.46 bits per heavy atom. The van der Waals surface area contributed by atoms with Crippen LogP contribution in [0.2, 0.25) is 5.02 Å². The molecule has 0 aromatic heterocycles. The number of hydrazone groups is 1. The maximum absolute atomic E-state index is 11.9. The van der Waals surface area contributed by atoms with Gasteiger partial charge < -0.3 is 5.32 Å². The van der Waals surface area contributed by atoms with Gasteiger partial charge in [-0.15, -0.1) is 0 Å². The van der Waals surface area contributed by atoms with E-state index < -0.39 is 10.8 Å². The Morgan fingerprint density at radius 2 is 1.96 bits per heavy atom. The fraction of sp³-hybridized carbons (Fsp3) is 0.400. The molecule has 0 unspecified atom stereocenters. The number of nitro groups is 1. The van der Waals surface area contributed by atoms with Crippen LogP contribution in [0.3, 0.4) is 0 Å². The molecule has 0 aliphatic rings. The van der Waals surface area contributed by atoms with Crippen molar-refractivity contribution >= 4 is 34.8 Å². The molecule has 0 radical (unpaired) electrons. The first-order chi connectivity index (χ1) is 11.0. The average molecular weight is 355 g/mol. The van der Waals surface area contributed by atoms with Crippen molar-refractivity contribution in [3.63, 3.8) is 0 Å². The quantitative estimate of drug-likeness (QED) is 0.480. The fourth-order valence-corrected chi connectivity index (χ4v) is 1.99. The van der Waals surface area contributed by atoms with E-state index in [4.69, 9.17) is 11.6 Å². The van der Waals surface area contributed by atoms with Crippen LogP contribution in [-0.4, -0.2) is 28.0 Å². The molecule has 0 saturated carbocycles. The number of amides is 2. The van der Waals surface area contributed by atoms with Crippen LogP contribution in [-0.2, 0) is 4.79 Å². The summed E-state index contributed by atoms with van der Waals surface area (Å²) in [5, 5.41) is 17.2. The van der Waals surface area contributed by atoms with E-state index in [1.165, 1.54) is 12.1 Å². The van der Waals surface area contributed by atoms with Crippen molar-refractivity contribution < 1.29 is 14.5 Å². The van der Waals surface area contributed by atoms with Gasteiger partial charge in [-0.25, -0.2) is 5.43 Å². The predicted octanol–water partition coefficient (Wildman–Crippen LogP) is 2.66. The Hall–Kier alpha value is -2.48. The molecule has 1 aromatic carbocycles. The molecule has 0 heterocycles. The van der Waals surface area contributed by atoms with Gasteiger partial charge in [-0.3, -0.25) is 19.7 Å². The molecular formula is C15H19ClN4O4. The molecular weight excluding hydrogens is 336 g/mol. The Balaban J connectivity index is 2.69. The third-order valence-electron chi connectivity index (χ3n) is 2.69. The molecule has 2 N–H and O–H groups in total. The van der Waals surface area contributed by atoms with Crippen molar-refractivity contribution in [1.82, 2.24) is 10.7 Å². The van der Waals surface area contributed by atoms with Crippen molar-refractivity contribution in [2.45, 2.75) is 39.7 Å². The molecule has 0 aliphatic carbocycles. The second-order valence-corrected chi connectivity index (χ2v) is 6.59. The third-order valence-corrected chi connectivity index (χ3v) is 2.99. The summed E-state index contributed by atoms with van der Waals surface area (Å²) in [6.45, 7) is 7.18. The standard InChI is InChI=1S/C15H19ClN4O4/c1-9(7-13(21)17-15(2,3)4)18-19-14(22)10-5-6-12(20(23)24)11(16)8-10/h5-6,8H,7H2,1-4H3,(H,17,21)(H,19,22)/b18-9-. The van der Waals surface area contributed by atoms with Crippen LogP contribution in [0.25, 0.3) is 0 Å². The number of rotatable bonds is 5. The minimum absolute atomic E-state index is 0.0402. The minimum Gasteiger partial charge on any atom is -0.351 e. The van der Waals surface area contributed by atoms with Gasteiger partial charge in [-0.1, -0.05) is 11.6 Å². The first-order valence-corrected chi connectivity index (χ1v) is 7.46. The van der Waals surface area contributed by atoms with Crippen molar-refractivity contribution in [2.75, 3.05) is 0 Å². The molecule has 1 rings (SSSR count). The minimum atomic E-state index is -0.639. The molecule has 0 aliphatic heterocycles. The number of halogens is 1. The van der Waals surface area contributed by atoms with E-state index in [9.17, 15) is 19.7 Å². The van der Waals surface area contributed by atoms with Crippen LogP contribution in [0.15, 0.2) is 23.3 Å². The molecule has 1 aromatic rings. The monoisotopic (exact) mass is 354 g/mol.